The van der Waals surface area contributed by atoms with Crippen LogP contribution in [0.3, 0.4) is 0 Å². The Bertz CT molecular complexity index is 398. The zero-order valence-corrected chi connectivity index (χ0v) is 9.03. The minimum atomic E-state index is -0.186. The Balaban J connectivity index is 2.03. The first kappa shape index (κ1) is 10.2. The average molecular weight is 203 g/mol. The van der Waals surface area contributed by atoms with Crippen molar-refractivity contribution in [2.24, 2.45) is 0 Å². The van der Waals surface area contributed by atoms with Gasteiger partial charge in [0.15, 0.2) is 0 Å². The average Bonchev–Trinajstić information content (AvgIpc) is 2.59. The molecule has 0 saturated carbocycles. The zero-order valence-electron chi connectivity index (χ0n) is 9.03. The lowest BCUT2D eigenvalue weighted by Gasteiger charge is -2.01. The van der Waals surface area contributed by atoms with Gasteiger partial charge in [-0.1, -0.05) is 18.2 Å². The van der Waals surface area contributed by atoms with Crippen molar-refractivity contribution >= 4 is 10.9 Å². The van der Waals surface area contributed by atoms with Crippen molar-refractivity contribution in [2.45, 2.75) is 32.3 Å². The summed E-state index contributed by atoms with van der Waals surface area (Å²) in [4.78, 5) is 3.39. The Morgan fingerprint density at radius 3 is 2.87 bits per heavy atom. The van der Waals surface area contributed by atoms with Crippen LogP contribution in [0.5, 0.6) is 0 Å². The lowest BCUT2D eigenvalue weighted by molar-refractivity contribution is 0.181. The van der Waals surface area contributed by atoms with Crippen molar-refractivity contribution in [3.63, 3.8) is 0 Å². The Hall–Kier alpha value is -1.28. The van der Waals surface area contributed by atoms with Crippen LogP contribution in [0, 0.1) is 0 Å². The summed E-state index contributed by atoms with van der Waals surface area (Å²) in [5, 5.41) is 10.4. The van der Waals surface area contributed by atoms with Crippen molar-refractivity contribution in [3.8, 4) is 0 Å². The molecule has 80 valence electrons. The van der Waals surface area contributed by atoms with Gasteiger partial charge in [0.1, 0.15) is 0 Å². The van der Waals surface area contributed by atoms with Gasteiger partial charge in [-0.05, 0) is 43.7 Å². The molecular weight excluding hydrogens is 186 g/mol. The number of fused-ring (bicyclic) bond motifs is 1. The van der Waals surface area contributed by atoms with Gasteiger partial charge in [0.2, 0.25) is 0 Å². The van der Waals surface area contributed by atoms with Gasteiger partial charge >= 0.3 is 0 Å². The Morgan fingerprint density at radius 2 is 2.13 bits per heavy atom. The smallest absolute Gasteiger partial charge is 0.0512 e. The predicted octanol–water partition coefficient (Wildman–Crippen LogP) is 2.87. The molecule has 0 aliphatic heterocycles. The summed E-state index contributed by atoms with van der Waals surface area (Å²) in [7, 11) is 0. The Kier molecular flexibility index (Phi) is 3.07. The fourth-order valence-corrected chi connectivity index (χ4v) is 1.86. The van der Waals surface area contributed by atoms with E-state index in [1.54, 1.807) is 0 Å². The minimum Gasteiger partial charge on any atom is -0.393 e. The number of para-hydroxylation sites is 1. The van der Waals surface area contributed by atoms with Crippen LogP contribution in [0.4, 0.5) is 0 Å². The molecule has 1 heterocycles. The van der Waals surface area contributed by atoms with E-state index in [9.17, 15) is 0 Å². The first-order chi connectivity index (χ1) is 7.25. The minimum absolute atomic E-state index is 0.186. The van der Waals surface area contributed by atoms with Crippen LogP contribution < -0.4 is 0 Å². The molecule has 2 aromatic rings. The van der Waals surface area contributed by atoms with Crippen molar-refractivity contribution in [3.05, 3.63) is 36.0 Å². The molecule has 0 amide bonds. The van der Waals surface area contributed by atoms with Crippen molar-refractivity contribution in [2.75, 3.05) is 0 Å². The van der Waals surface area contributed by atoms with E-state index in [0.717, 1.165) is 19.3 Å². The molecule has 2 N–H and O–H groups in total. The van der Waals surface area contributed by atoms with Crippen LogP contribution in [-0.4, -0.2) is 16.2 Å². The number of aliphatic hydroxyl groups excluding tert-OH is 1. The molecule has 1 atom stereocenters. The molecule has 2 nitrogen and oxygen atoms in total. The zero-order chi connectivity index (χ0) is 10.7. The van der Waals surface area contributed by atoms with Gasteiger partial charge in [-0.15, -0.1) is 0 Å². The molecule has 2 rings (SSSR count). The Morgan fingerprint density at radius 1 is 1.33 bits per heavy atom. The number of hydrogen-bond acceptors (Lipinski definition) is 1. The number of H-pyrrole nitrogens is 1. The maximum Gasteiger partial charge on any atom is 0.0512 e. The summed E-state index contributed by atoms with van der Waals surface area (Å²) >= 11 is 0. The number of hydrogen-bond donors (Lipinski definition) is 2. The van der Waals surface area contributed by atoms with E-state index in [1.165, 1.54) is 16.6 Å². The third-order valence-corrected chi connectivity index (χ3v) is 2.65. The monoisotopic (exact) mass is 203 g/mol. The topological polar surface area (TPSA) is 36.0 Å². The summed E-state index contributed by atoms with van der Waals surface area (Å²) in [6, 6.07) is 10.5. The molecule has 2 heteroatoms. The summed E-state index contributed by atoms with van der Waals surface area (Å²) in [5.41, 5.74) is 2.46. The number of aromatic amines is 1. The number of nitrogens with one attached hydrogen (secondary N) is 1. The highest BCUT2D eigenvalue weighted by Crippen LogP contribution is 2.16. The van der Waals surface area contributed by atoms with E-state index in [4.69, 9.17) is 5.11 Å². The van der Waals surface area contributed by atoms with Gasteiger partial charge in [0.05, 0.1) is 6.10 Å². The van der Waals surface area contributed by atoms with Crippen LogP contribution in [0.25, 0.3) is 10.9 Å². The van der Waals surface area contributed by atoms with Crippen molar-refractivity contribution < 1.29 is 5.11 Å². The number of rotatable bonds is 4. The molecular formula is C13H17NO. The molecule has 0 aliphatic carbocycles. The van der Waals surface area contributed by atoms with Crippen LogP contribution in [0.1, 0.15) is 25.5 Å². The highest BCUT2D eigenvalue weighted by atomic mass is 16.3. The van der Waals surface area contributed by atoms with Gasteiger partial charge in [0.25, 0.3) is 0 Å². The van der Waals surface area contributed by atoms with E-state index < -0.39 is 0 Å². The largest absolute Gasteiger partial charge is 0.393 e. The summed E-state index contributed by atoms with van der Waals surface area (Å²) < 4.78 is 0. The number of benzene rings is 1. The van der Waals surface area contributed by atoms with Crippen molar-refractivity contribution in [1.82, 2.24) is 4.98 Å². The number of aryl methyl sites for hydroxylation is 1. The molecule has 0 fully saturated rings. The van der Waals surface area contributed by atoms with Gasteiger partial charge in [-0.3, -0.25) is 0 Å². The van der Waals surface area contributed by atoms with Gasteiger partial charge in [0, 0.05) is 11.2 Å². The second-order valence-corrected chi connectivity index (χ2v) is 4.12. The fraction of sp³-hybridized carbons (Fsp3) is 0.385. The van der Waals surface area contributed by atoms with Gasteiger partial charge < -0.3 is 10.1 Å². The fourth-order valence-electron chi connectivity index (χ4n) is 1.86. The lowest BCUT2D eigenvalue weighted by atomic mass is 10.1. The lowest BCUT2D eigenvalue weighted by Crippen LogP contribution is -1.99. The normalized spacial score (nSPS) is 13.2. The van der Waals surface area contributed by atoms with Crippen LogP contribution in [0.2, 0.25) is 0 Å². The third kappa shape index (κ3) is 2.60. The quantitative estimate of drug-likeness (QED) is 0.787. The SMILES string of the molecule is CC(O)CCCc1cc2ccccc2[nH]1. The molecule has 0 spiro atoms. The molecule has 0 bridgehead atoms. The molecule has 0 saturated heterocycles. The summed E-state index contributed by atoms with van der Waals surface area (Å²) in [6.45, 7) is 1.84. The molecule has 1 aromatic heterocycles. The molecule has 1 aromatic carbocycles. The van der Waals surface area contributed by atoms with E-state index in [2.05, 4.69) is 29.2 Å². The first-order valence-corrected chi connectivity index (χ1v) is 5.50. The standard InChI is InChI=1S/C13H17NO/c1-10(15)5-4-7-12-9-11-6-2-3-8-13(11)14-12/h2-3,6,8-10,14-15H,4-5,7H2,1H3. The summed E-state index contributed by atoms with van der Waals surface area (Å²) in [5.74, 6) is 0. The van der Waals surface area contributed by atoms with Crippen molar-refractivity contribution in [1.29, 1.82) is 0 Å². The maximum absolute atomic E-state index is 9.16. The van der Waals surface area contributed by atoms with Crippen LogP contribution >= 0.6 is 0 Å². The summed E-state index contributed by atoms with van der Waals surface area (Å²) in [6.07, 6.45) is 2.73. The van der Waals surface area contributed by atoms with E-state index >= 15 is 0 Å². The molecule has 0 radical (unpaired) electrons. The third-order valence-electron chi connectivity index (χ3n) is 2.65. The number of aromatic nitrogens is 1. The van der Waals surface area contributed by atoms with E-state index in [0.29, 0.717) is 0 Å². The highest BCUT2D eigenvalue weighted by Gasteiger charge is 2.01. The van der Waals surface area contributed by atoms with Crippen LogP contribution in [0.15, 0.2) is 30.3 Å². The van der Waals surface area contributed by atoms with E-state index in [1.807, 2.05) is 13.0 Å². The molecule has 15 heavy (non-hydrogen) atoms. The second kappa shape index (κ2) is 4.49. The van der Waals surface area contributed by atoms with Crippen LogP contribution in [-0.2, 0) is 6.42 Å². The predicted molar refractivity (Wildman–Crippen MR) is 62.9 cm³/mol. The maximum atomic E-state index is 9.16. The highest BCUT2D eigenvalue weighted by molar-refractivity contribution is 5.80. The first-order valence-electron chi connectivity index (χ1n) is 5.50. The second-order valence-electron chi connectivity index (χ2n) is 4.12. The molecule has 1 unspecified atom stereocenters. The molecule has 0 aliphatic rings. The Labute approximate surface area is 89.9 Å². The van der Waals surface area contributed by atoms with E-state index in [-0.39, 0.29) is 6.10 Å². The van der Waals surface area contributed by atoms with Gasteiger partial charge in [-0.25, -0.2) is 0 Å². The number of aliphatic hydroxyl groups is 1. The van der Waals surface area contributed by atoms with Gasteiger partial charge in [-0.2, -0.15) is 0 Å².